The molecule has 192 valence electrons. The zero-order valence-electron chi connectivity index (χ0n) is 21.7. The van der Waals surface area contributed by atoms with Crippen molar-refractivity contribution in [1.29, 1.82) is 0 Å². The quantitative estimate of drug-likeness (QED) is 0.370. The van der Waals surface area contributed by atoms with Crippen molar-refractivity contribution in [1.82, 2.24) is 0 Å². The number of carbonyl (C=O) groups excluding carboxylic acids is 3. The first-order valence-corrected chi connectivity index (χ1v) is 13.1. The average Bonchev–Trinajstić information content (AvgIpc) is 3.33. The lowest BCUT2D eigenvalue weighted by Gasteiger charge is -2.38. The molecule has 1 fully saturated rings. The van der Waals surface area contributed by atoms with E-state index in [4.69, 9.17) is 16.3 Å². The molecule has 38 heavy (non-hydrogen) atoms. The fourth-order valence-electron chi connectivity index (χ4n) is 6.58. The molecule has 0 unspecified atom stereocenters. The molecule has 6 heteroatoms. The first-order chi connectivity index (χ1) is 18.1. The molecule has 3 aromatic rings. The second-order valence-electron chi connectivity index (χ2n) is 11.3. The van der Waals surface area contributed by atoms with Gasteiger partial charge in [0.2, 0.25) is 0 Å². The van der Waals surface area contributed by atoms with Gasteiger partial charge in [0, 0.05) is 33.2 Å². The molecule has 2 aliphatic heterocycles. The first-order valence-electron chi connectivity index (χ1n) is 12.7. The number of benzene rings is 3. The van der Waals surface area contributed by atoms with E-state index in [1.165, 1.54) is 0 Å². The summed E-state index contributed by atoms with van der Waals surface area (Å²) in [5.41, 5.74) is 0.985. The van der Waals surface area contributed by atoms with Crippen LogP contribution in [-0.2, 0) is 4.79 Å². The predicted octanol–water partition coefficient (Wildman–Crippen LogP) is 6.40. The molecule has 1 spiro atoms. The molecule has 3 aliphatic rings. The molecule has 6 rings (SSSR count). The molecular formula is C32H28ClNO4. The van der Waals surface area contributed by atoms with Gasteiger partial charge in [0.05, 0.1) is 19.2 Å². The Hall–Kier alpha value is -3.70. The monoisotopic (exact) mass is 525 g/mol. The molecule has 0 amide bonds. The first kappa shape index (κ1) is 24.6. The second-order valence-corrected chi connectivity index (χ2v) is 11.7. The number of ether oxygens (including phenoxy) is 1. The zero-order valence-corrected chi connectivity index (χ0v) is 22.5. The Morgan fingerprint density at radius 2 is 1.58 bits per heavy atom. The van der Waals surface area contributed by atoms with Crippen LogP contribution in [0.5, 0.6) is 5.75 Å². The standard InChI is InChI=1S/C32H28ClNO4/c1-31(2,3)30(37)27-26(18-9-13-21(38-4)14-10-18)32(28(35)22-7-5-6-8-23(22)29(32)36)25-16-11-19-17-20(33)12-15-24(19)34(25)27/h5-17,25-27H,1-4H3/t25-,26-,27+/m1/s1. The Morgan fingerprint density at radius 3 is 2.16 bits per heavy atom. The van der Waals surface area contributed by atoms with E-state index in [1.54, 1.807) is 37.4 Å². The van der Waals surface area contributed by atoms with Crippen LogP contribution in [0.25, 0.3) is 6.08 Å². The summed E-state index contributed by atoms with van der Waals surface area (Å²) in [7, 11) is 1.59. The van der Waals surface area contributed by atoms with Gasteiger partial charge in [-0.3, -0.25) is 14.4 Å². The van der Waals surface area contributed by atoms with Gasteiger partial charge in [-0.1, -0.05) is 80.9 Å². The summed E-state index contributed by atoms with van der Waals surface area (Å²) >= 11 is 6.33. The molecule has 0 N–H and O–H groups in total. The van der Waals surface area contributed by atoms with E-state index < -0.39 is 28.8 Å². The number of hydrogen-bond acceptors (Lipinski definition) is 5. The van der Waals surface area contributed by atoms with Gasteiger partial charge in [-0.05, 0) is 41.5 Å². The lowest BCUT2D eigenvalue weighted by molar-refractivity contribution is -0.127. The predicted molar refractivity (Wildman–Crippen MR) is 148 cm³/mol. The van der Waals surface area contributed by atoms with E-state index in [-0.39, 0.29) is 17.3 Å². The van der Waals surface area contributed by atoms with Crippen LogP contribution in [0.2, 0.25) is 5.02 Å². The maximum absolute atomic E-state index is 14.5. The second kappa shape index (κ2) is 8.40. The fraction of sp³-hybridized carbons (Fsp3) is 0.281. The molecule has 1 saturated heterocycles. The van der Waals surface area contributed by atoms with Crippen molar-refractivity contribution in [2.75, 3.05) is 12.0 Å². The van der Waals surface area contributed by atoms with E-state index in [0.717, 1.165) is 16.8 Å². The summed E-state index contributed by atoms with van der Waals surface area (Å²) in [5.74, 6) is -0.568. The highest BCUT2D eigenvalue weighted by molar-refractivity contribution is 6.32. The highest BCUT2D eigenvalue weighted by Crippen LogP contribution is 2.61. The number of fused-ring (bicyclic) bond motifs is 5. The largest absolute Gasteiger partial charge is 0.497 e. The van der Waals surface area contributed by atoms with Crippen LogP contribution in [0, 0.1) is 10.8 Å². The molecule has 0 bridgehead atoms. The number of anilines is 1. The van der Waals surface area contributed by atoms with Gasteiger partial charge in [0.1, 0.15) is 11.2 Å². The van der Waals surface area contributed by atoms with Crippen LogP contribution >= 0.6 is 11.6 Å². The molecule has 2 heterocycles. The SMILES string of the molecule is COc1ccc([C@@H]2[C@@H](C(=O)C(C)(C)C)N3c4ccc(Cl)cc4C=C[C@@H]3C23C(=O)c2ccccc2C3=O)cc1. The molecule has 3 atom stereocenters. The molecule has 1 aliphatic carbocycles. The minimum atomic E-state index is -1.50. The maximum Gasteiger partial charge on any atom is 0.180 e. The van der Waals surface area contributed by atoms with Gasteiger partial charge in [-0.25, -0.2) is 0 Å². The minimum Gasteiger partial charge on any atom is -0.497 e. The number of rotatable bonds is 3. The third-order valence-corrected chi connectivity index (χ3v) is 8.48. The van der Waals surface area contributed by atoms with Crippen molar-refractivity contribution >= 4 is 40.7 Å². The average molecular weight is 526 g/mol. The number of nitrogens with zero attached hydrogens (tertiary/aromatic N) is 1. The number of halogens is 1. The fourth-order valence-corrected chi connectivity index (χ4v) is 6.76. The third-order valence-electron chi connectivity index (χ3n) is 8.25. The Bertz CT molecular complexity index is 1500. The maximum atomic E-state index is 14.5. The Balaban J connectivity index is 1.69. The summed E-state index contributed by atoms with van der Waals surface area (Å²) in [4.78, 5) is 45.5. The normalized spacial score (nSPS) is 22.9. The van der Waals surface area contributed by atoms with E-state index in [2.05, 4.69) is 0 Å². The lowest BCUT2D eigenvalue weighted by Crippen LogP contribution is -2.49. The summed E-state index contributed by atoms with van der Waals surface area (Å²) in [6, 6.07) is 18.5. The van der Waals surface area contributed by atoms with Gasteiger partial charge >= 0.3 is 0 Å². The van der Waals surface area contributed by atoms with Crippen molar-refractivity contribution in [3.63, 3.8) is 0 Å². The molecule has 3 aromatic carbocycles. The van der Waals surface area contributed by atoms with E-state index in [9.17, 15) is 14.4 Å². The Morgan fingerprint density at radius 1 is 0.947 bits per heavy atom. The van der Waals surface area contributed by atoms with Gasteiger partial charge in [-0.2, -0.15) is 0 Å². The summed E-state index contributed by atoms with van der Waals surface area (Å²) in [5, 5.41) is 0.576. The van der Waals surface area contributed by atoms with Crippen LogP contribution in [-0.4, -0.2) is 36.5 Å². The minimum absolute atomic E-state index is 0.0343. The highest BCUT2D eigenvalue weighted by atomic mass is 35.5. The smallest absolute Gasteiger partial charge is 0.180 e. The van der Waals surface area contributed by atoms with E-state index in [1.807, 2.05) is 74.2 Å². The molecule has 0 radical (unpaired) electrons. The Kier molecular flexibility index (Phi) is 5.45. The molecule has 0 aromatic heterocycles. The van der Waals surface area contributed by atoms with Crippen molar-refractivity contribution in [3.8, 4) is 5.75 Å². The summed E-state index contributed by atoms with van der Waals surface area (Å²) in [6.07, 6.45) is 3.83. The van der Waals surface area contributed by atoms with E-state index >= 15 is 0 Å². The van der Waals surface area contributed by atoms with Crippen LogP contribution in [0.1, 0.15) is 58.5 Å². The number of hydrogen-bond donors (Lipinski definition) is 0. The number of methoxy groups -OCH3 is 1. The highest BCUT2D eigenvalue weighted by Gasteiger charge is 2.71. The summed E-state index contributed by atoms with van der Waals surface area (Å²) < 4.78 is 5.39. The summed E-state index contributed by atoms with van der Waals surface area (Å²) in [6.45, 7) is 5.65. The number of Topliss-reactive ketones (excluding diaryl/α,β-unsaturated/α-hetero) is 3. The lowest BCUT2D eigenvalue weighted by atomic mass is 9.63. The van der Waals surface area contributed by atoms with Gasteiger partial charge in [-0.15, -0.1) is 0 Å². The molecule has 5 nitrogen and oxygen atoms in total. The van der Waals surface area contributed by atoms with Crippen LogP contribution in [0.3, 0.4) is 0 Å². The molecular weight excluding hydrogens is 498 g/mol. The van der Waals surface area contributed by atoms with Gasteiger partial charge < -0.3 is 9.64 Å². The van der Waals surface area contributed by atoms with Gasteiger partial charge in [0.15, 0.2) is 17.3 Å². The van der Waals surface area contributed by atoms with Crippen LogP contribution < -0.4 is 9.64 Å². The number of carbonyl (C=O) groups is 3. The Labute approximate surface area is 227 Å². The van der Waals surface area contributed by atoms with Crippen molar-refractivity contribution in [2.24, 2.45) is 10.8 Å². The molecule has 0 saturated carbocycles. The number of ketones is 3. The zero-order chi connectivity index (χ0) is 27.0. The van der Waals surface area contributed by atoms with Crippen molar-refractivity contribution in [3.05, 3.63) is 100 Å². The topological polar surface area (TPSA) is 63.7 Å². The van der Waals surface area contributed by atoms with Crippen LogP contribution in [0.4, 0.5) is 5.69 Å². The van der Waals surface area contributed by atoms with E-state index in [0.29, 0.717) is 21.9 Å². The van der Waals surface area contributed by atoms with Crippen molar-refractivity contribution < 1.29 is 19.1 Å². The van der Waals surface area contributed by atoms with Gasteiger partial charge in [0.25, 0.3) is 0 Å². The van der Waals surface area contributed by atoms with Crippen LogP contribution in [0.15, 0.2) is 72.8 Å². The van der Waals surface area contributed by atoms with Crippen molar-refractivity contribution in [2.45, 2.75) is 38.8 Å². The third kappa shape index (κ3) is 3.21.